The Bertz CT molecular complexity index is 704. The zero-order valence-electron chi connectivity index (χ0n) is 14.0. The van der Waals surface area contributed by atoms with Gasteiger partial charge in [0, 0.05) is 17.2 Å². The van der Waals surface area contributed by atoms with Crippen molar-refractivity contribution in [1.82, 2.24) is 4.90 Å². The van der Waals surface area contributed by atoms with Gasteiger partial charge in [-0.25, -0.2) is 0 Å². The molecule has 1 unspecified atom stereocenters. The number of fused-ring (bicyclic) bond motifs is 4. The standard InChI is InChI=1S/C20H24NOP/c1-13-14(2)19-20(18(22)15-8-10-21(20)11-9-15)12-17(13)23(19)16-6-4-3-5-7-16/h3-7,15,17,19H,8-12H2,1-2H3/t17-,19-,20-,23?/m0/s1. The van der Waals surface area contributed by atoms with E-state index in [4.69, 9.17) is 0 Å². The van der Waals surface area contributed by atoms with Crippen molar-refractivity contribution in [2.75, 3.05) is 13.1 Å². The Balaban J connectivity index is 1.66. The van der Waals surface area contributed by atoms with Crippen LogP contribution < -0.4 is 5.30 Å². The Labute approximate surface area is 139 Å². The Morgan fingerprint density at radius 3 is 2.43 bits per heavy atom. The van der Waals surface area contributed by atoms with Crippen LogP contribution in [0.5, 0.6) is 0 Å². The Hall–Kier alpha value is -0.980. The summed E-state index contributed by atoms with van der Waals surface area (Å²) < 4.78 is 0. The second-order valence-corrected chi connectivity index (χ2v) is 10.3. The van der Waals surface area contributed by atoms with Gasteiger partial charge < -0.3 is 0 Å². The van der Waals surface area contributed by atoms with Crippen molar-refractivity contribution >= 4 is 19.0 Å². The summed E-state index contributed by atoms with van der Waals surface area (Å²) in [5.74, 6) is 0.942. The molecule has 0 radical (unpaired) electrons. The molecule has 4 atom stereocenters. The van der Waals surface area contributed by atoms with Crippen molar-refractivity contribution in [3.63, 3.8) is 0 Å². The van der Waals surface area contributed by atoms with Crippen LogP contribution in [0.25, 0.3) is 0 Å². The van der Waals surface area contributed by atoms with E-state index in [1.165, 1.54) is 10.9 Å². The third-order valence-electron chi connectivity index (χ3n) is 7.01. The summed E-state index contributed by atoms with van der Waals surface area (Å²) in [4.78, 5) is 16.0. The number of carbonyl (C=O) groups excluding carboxylic acids is 1. The number of piperidine rings is 3. The van der Waals surface area contributed by atoms with Gasteiger partial charge in [0.2, 0.25) is 0 Å². The first-order valence-corrected chi connectivity index (χ1v) is 10.4. The first kappa shape index (κ1) is 14.4. The van der Waals surface area contributed by atoms with E-state index in [9.17, 15) is 4.79 Å². The van der Waals surface area contributed by atoms with E-state index in [0.717, 1.165) is 32.4 Å². The van der Waals surface area contributed by atoms with Gasteiger partial charge in [-0.05, 0) is 51.5 Å². The van der Waals surface area contributed by atoms with Crippen molar-refractivity contribution in [2.24, 2.45) is 5.92 Å². The molecule has 5 heterocycles. The molecule has 4 fully saturated rings. The number of hydrogen-bond acceptors (Lipinski definition) is 2. The minimum Gasteiger partial charge on any atom is -0.297 e. The molecule has 5 aliphatic heterocycles. The van der Waals surface area contributed by atoms with Crippen molar-refractivity contribution in [2.45, 2.75) is 50.0 Å². The highest BCUT2D eigenvalue weighted by Gasteiger charge is 2.67. The summed E-state index contributed by atoms with van der Waals surface area (Å²) in [6, 6.07) is 11.1. The monoisotopic (exact) mass is 325 g/mol. The van der Waals surface area contributed by atoms with Gasteiger partial charge in [0.1, 0.15) is 0 Å². The summed E-state index contributed by atoms with van der Waals surface area (Å²) >= 11 is 0. The second-order valence-electron chi connectivity index (χ2n) is 7.78. The minimum absolute atomic E-state index is 0.142. The van der Waals surface area contributed by atoms with E-state index in [1.54, 1.807) is 5.57 Å². The number of carbonyl (C=O) groups is 1. The van der Waals surface area contributed by atoms with Gasteiger partial charge in [-0.2, -0.15) is 0 Å². The molecule has 120 valence electrons. The summed E-state index contributed by atoms with van der Waals surface area (Å²) in [7, 11) is -0.277. The Morgan fingerprint density at radius 1 is 1.09 bits per heavy atom. The first-order chi connectivity index (χ1) is 11.1. The molecule has 2 nitrogen and oxygen atoms in total. The predicted molar refractivity (Wildman–Crippen MR) is 95.6 cm³/mol. The third kappa shape index (κ3) is 1.64. The molecule has 1 aromatic rings. The lowest BCUT2D eigenvalue weighted by molar-refractivity contribution is -0.147. The average Bonchev–Trinajstić information content (AvgIpc) is 3.06. The molecule has 0 saturated carbocycles. The molecule has 5 aliphatic rings. The Kier molecular flexibility index (Phi) is 2.98. The van der Waals surface area contributed by atoms with E-state index >= 15 is 0 Å². The highest BCUT2D eigenvalue weighted by molar-refractivity contribution is 7.68. The van der Waals surface area contributed by atoms with E-state index in [0.29, 0.717) is 23.0 Å². The van der Waals surface area contributed by atoms with Gasteiger partial charge in [0.15, 0.2) is 5.78 Å². The van der Waals surface area contributed by atoms with Crippen LogP contribution >= 0.6 is 7.92 Å². The van der Waals surface area contributed by atoms with Crippen LogP contribution in [0.3, 0.4) is 0 Å². The van der Waals surface area contributed by atoms with Crippen LogP contribution in [0, 0.1) is 5.92 Å². The molecule has 6 rings (SSSR count). The van der Waals surface area contributed by atoms with Crippen molar-refractivity contribution < 1.29 is 4.79 Å². The molecule has 4 saturated heterocycles. The summed E-state index contributed by atoms with van der Waals surface area (Å²) in [6.07, 6.45) is 3.29. The number of nitrogens with zero attached hydrogens (tertiary/aromatic N) is 1. The number of rotatable bonds is 1. The van der Waals surface area contributed by atoms with Gasteiger partial charge in [-0.15, -0.1) is 0 Å². The number of Topliss-reactive ketones (excluding diaryl/α,β-unsaturated/α-hetero) is 1. The fraction of sp³-hybridized carbons (Fsp3) is 0.550. The first-order valence-electron chi connectivity index (χ1n) is 8.94. The molecule has 0 amide bonds. The zero-order valence-corrected chi connectivity index (χ0v) is 14.9. The largest absolute Gasteiger partial charge is 0.297 e. The molecular formula is C20H24NOP. The molecule has 0 N–H and O–H groups in total. The lowest BCUT2D eigenvalue weighted by Gasteiger charge is -2.55. The van der Waals surface area contributed by atoms with Crippen molar-refractivity contribution in [3.8, 4) is 0 Å². The minimum atomic E-state index is -0.277. The van der Waals surface area contributed by atoms with Crippen LogP contribution in [0.1, 0.15) is 33.1 Å². The zero-order chi connectivity index (χ0) is 15.8. The quantitative estimate of drug-likeness (QED) is 0.583. The van der Waals surface area contributed by atoms with Crippen LogP contribution in [0.15, 0.2) is 41.5 Å². The average molecular weight is 325 g/mol. The van der Waals surface area contributed by atoms with Crippen molar-refractivity contribution in [1.29, 1.82) is 0 Å². The van der Waals surface area contributed by atoms with Gasteiger partial charge >= 0.3 is 0 Å². The maximum atomic E-state index is 13.4. The highest BCUT2D eigenvalue weighted by atomic mass is 31.1. The van der Waals surface area contributed by atoms with E-state index < -0.39 is 0 Å². The van der Waals surface area contributed by atoms with Crippen LogP contribution in [-0.2, 0) is 4.79 Å². The number of benzene rings is 1. The lowest BCUT2D eigenvalue weighted by Crippen LogP contribution is -2.69. The third-order valence-corrected chi connectivity index (χ3v) is 10.5. The van der Waals surface area contributed by atoms with E-state index in [-0.39, 0.29) is 13.5 Å². The molecule has 4 bridgehead atoms. The van der Waals surface area contributed by atoms with Crippen LogP contribution in [0.2, 0.25) is 0 Å². The van der Waals surface area contributed by atoms with Crippen LogP contribution in [0.4, 0.5) is 0 Å². The lowest BCUT2D eigenvalue weighted by atomic mass is 9.65. The fourth-order valence-corrected chi connectivity index (χ4v) is 9.95. The number of hydrogen-bond donors (Lipinski definition) is 0. The molecule has 1 spiro atoms. The molecule has 0 aliphatic carbocycles. The van der Waals surface area contributed by atoms with E-state index in [1.807, 2.05) is 0 Å². The fourth-order valence-electron chi connectivity index (χ4n) is 5.84. The molecule has 1 aromatic carbocycles. The van der Waals surface area contributed by atoms with Gasteiger partial charge in [-0.3, -0.25) is 9.69 Å². The molecule has 0 aromatic heterocycles. The summed E-state index contributed by atoms with van der Waals surface area (Å²) in [6.45, 7) is 6.93. The van der Waals surface area contributed by atoms with Gasteiger partial charge in [0.25, 0.3) is 0 Å². The summed E-state index contributed by atoms with van der Waals surface area (Å²) in [5.41, 5.74) is 4.08. The highest BCUT2D eigenvalue weighted by Crippen LogP contribution is 2.71. The number of ketones is 1. The SMILES string of the molecule is CC1=C(C)[C@@H]2C[C@]3(C(=O)C4CCN3CC4)[C@H]1P2c1ccccc1. The smallest absolute Gasteiger partial charge is 0.157 e. The Morgan fingerprint density at radius 2 is 1.78 bits per heavy atom. The van der Waals surface area contributed by atoms with Crippen LogP contribution in [-0.4, -0.2) is 40.6 Å². The topological polar surface area (TPSA) is 20.3 Å². The summed E-state index contributed by atoms with van der Waals surface area (Å²) in [5, 5.41) is 1.50. The normalized spacial score (nSPS) is 44.6. The molecular weight excluding hydrogens is 301 g/mol. The maximum Gasteiger partial charge on any atom is 0.157 e. The number of allylic oxidation sites excluding steroid dienone is 1. The van der Waals surface area contributed by atoms with Crippen molar-refractivity contribution in [3.05, 3.63) is 41.5 Å². The second kappa shape index (κ2) is 4.77. The maximum absolute atomic E-state index is 13.4. The molecule has 3 heteroatoms. The van der Waals surface area contributed by atoms with Gasteiger partial charge in [-0.1, -0.05) is 49.4 Å². The van der Waals surface area contributed by atoms with Gasteiger partial charge in [0.05, 0.1) is 5.54 Å². The molecule has 23 heavy (non-hydrogen) atoms. The predicted octanol–water partition coefficient (Wildman–Crippen LogP) is 3.32. The van der Waals surface area contributed by atoms with E-state index in [2.05, 4.69) is 49.1 Å².